The molecule has 3 nitrogen and oxygen atoms in total. The predicted octanol–water partition coefficient (Wildman–Crippen LogP) is 2.94. The van der Waals surface area contributed by atoms with Crippen LogP contribution in [0.5, 0.6) is 0 Å². The molecule has 1 aliphatic rings. The normalized spacial score (nSPS) is 17.5. The number of nitrogens with zero attached hydrogens (tertiary/aromatic N) is 1. The number of rotatable bonds is 4. The van der Waals surface area contributed by atoms with Crippen LogP contribution in [0.1, 0.15) is 47.0 Å². The van der Waals surface area contributed by atoms with Gasteiger partial charge in [-0.2, -0.15) is 0 Å². The third kappa shape index (κ3) is 6.67. The molecule has 0 radical (unpaired) electrons. The van der Waals surface area contributed by atoms with Crippen molar-refractivity contribution in [2.45, 2.75) is 47.0 Å². The molecular formula is C14H29NO2. The minimum atomic E-state index is -0.0292. The van der Waals surface area contributed by atoms with Crippen molar-refractivity contribution in [3.63, 3.8) is 0 Å². The van der Waals surface area contributed by atoms with Crippen LogP contribution in [-0.4, -0.2) is 37.6 Å². The Hall–Kier alpha value is -0.570. The van der Waals surface area contributed by atoms with Gasteiger partial charge in [0.15, 0.2) is 0 Å². The summed E-state index contributed by atoms with van der Waals surface area (Å²) in [6, 6.07) is 0. The Balaban J connectivity index is 0.00000121. The molecular weight excluding hydrogens is 214 g/mol. The SMILES string of the molecule is CC.COC(=O)C1CCN(CCC(C)C)CC1. The summed E-state index contributed by atoms with van der Waals surface area (Å²) >= 11 is 0. The first-order valence-electron chi connectivity index (χ1n) is 6.93. The number of piperidine rings is 1. The van der Waals surface area contributed by atoms with Gasteiger partial charge in [-0.05, 0) is 44.8 Å². The van der Waals surface area contributed by atoms with Gasteiger partial charge in [-0.15, -0.1) is 0 Å². The van der Waals surface area contributed by atoms with Crippen LogP contribution in [-0.2, 0) is 9.53 Å². The smallest absolute Gasteiger partial charge is 0.308 e. The van der Waals surface area contributed by atoms with Crippen LogP contribution < -0.4 is 0 Å². The molecule has 0 bridgehead atoms. The van der Waals surface area contributed by atoms with Gasteiger partial charge >= 0.3 is 5.97 Å². The minimum Gasteiger partial charge on any atom is -0.469 e. The lowest BCUT2D eigenvalue weighted by molar-refractivity contribution is -0.147. The number of hydrogen-bond donors (Lipinski definition) is 0. The van der Waals surface area contributed by atoms with E-state index in [2.05, 4.69) is 18.7 Å². The fraction of sp³-hybridized carbons (Fsp3) is 0.929. The molecule has 1 heterocycles. The van der Waals surface area contributed by atoms with E-state index < -0.39 is 0 Å². The Bertz CT molecular complexity index is 196. The van der Waals surface area contributed by atoms with Crippen molar-refractivity contribution in [2.75, 3.05) is 26.7 Å². The number of hydrogen-bond acceptors (Lipinski definition) is 3. The zero-order valence-electron chi connectivity index (χ0n) is 12.2. The third-order valence-corrected chi connectivity index (χ3v) is 3.14. The molecule has 0 aromatic carbocycles. The zero-order valence-corrected chi connectivity index (χ0v) is 12.2. The van der Waals surface area contributed by atoms with E-state index >= 15 is 0 Å². The van der Waals surface area contributed by atoms with Gasteiger partial charge in [0.2, 0.25) is 0 Å². The van der Waals surface area contributed by atoms with Gasteiger partial charge in [0, 0.05) is 0 Å². The quantitative estimate of drug-likeness (QED) is 0.711. The van der Waals surface area contributed by atoms with Crippen LogP contribution in [0.25, 0.3) is 0 Å². The predicted molar refractivity (Wildman–Crippen MR) is 72.0 cm³/mol. The van der Waals surface area contributed by atoms with Crippen molar-refractivity contribution in [1.82, 2.24) is 4.90 Å². The standard InChI is InChI=1S/C12H23NO2.C2H6/c1-10(2)4-7-13-8-5-11(6-9-13)12(14)15-3;1-2/h10-11H,4-9H2,1-3H3;1-2H3. The van der Waals surface area contributed by atoms with Gasteiger partial charge in [-0.1, -0.05) is 27.7 Å². The van der Waals surface area contributed by atoms with E-state index in [0.717, 1.165) is 31.8 Å². The summed E-state index contributed by atoms with van der Waals surface area (Å²) < 4.78 is 4.77. The second-order valence-corrected chi connectivity index (χ2v) is 4.82. The lowest BCUT2D eigenvalue weighted by Gasteiger charge is -2.30. The van der Waals surface area contributed by atoms with Crippen LogP contribution in [0.2, 0.25) is 0 Å². The first kappa shape index (κ1) is 16.4. The second kappa shape index (κ2) is 9.46. The maximum Gasteiger partial charge on any atom is 0.308 e. The van der Waals surface area contributed by atoms with Gasteiger partial charge in [-0.25, -0.2) is 0 Å². The molecule has 0 N–H and O–H groups in total. The molecule has 3 heteroatoms. The van der Waals surface area contributed by atoms with Crippen LogP contribution in [0.15, 0.2) is 0 Å². The van der Waals surface area contributed by atoms with E-state index in [1.807, 2.05) is 13.8 Å². The van der Waals surface area contributed by atoms with E-state index in [1.165, 1.54) is 20.1 Å². The molecule has 0 saturated carbocycles. The number of carbonyl (C=O) groups is 1. The van der Waals surface area contributed by atoms with Crippen LogP contribution >= 0.6 is 0 Å². The van der Waals surface area contributed by atoms with Crippen LogP contribution in [0.4, 0.5) is 0 Å². The van der Waals surface area contributed by atoms with Crippen molar-refractivity contribution >= 4 is 5.97 Å². The summed E-state index contributed by atoms with van der Waals surface area (Å²) in [5.41, 5.74) is 0. The van der Waals surface area contributed by atoms with Gasteiger partial charge in [0.1, 0.15) is 0 Å². The number of likely N-dealkylation sites (tertiary alicyclic amines) is 1. The van der Waals surface area contributed by atoms with E-state index in [0.29, 0.717) is 0 Å². The van der Waals surface area contributed by atoms with Crippen molar-refractivity contribution in [3.8, 4) is 0 Å². The molecule has 102 valence electrons. The summed E-state index contributed by atoms with van der Waals surface area (Å²) in [6.45, 7) is 11.8. The summed E-state index contributed by atoms with van der Waals surface area (Å²) in [6.07, 6.45) is 3.18. The maximum atomic E-state index is 11.3. The Morgan fingerprint density at radius 2 is 1.82 bits per heavy atom. The lowest BCUT2D eigenvalue weighted by atomic mass is 9.96. The highest BCUT2D eigenvalue weighted by molar-refractivity contribution is 5.72. The average molecular weight is 243 g/mol. The topological polar surface area (TPSA) is 29.5 Å². The molecule has 0 aromatic rings. The second-order valence-electron chi connectivity index (χ2n) is 4.82. The van der Waals surface area contributed by atoms with E-state index in [9.17, 15) is 4.79 Å². The molecule has 0 unspecified atom stereocenters. The van der Waals surface area contributed by atoms with Crippen molar-refractivity contribution in [1.29, 1.82) is 0 Å². The molecule has 17 heavy (non-hydrogen) atoms. The Morgan fingerprint density at radius 3 is 2.24 bits per heavy atom. The Labute approximate surface area is 107 Å². The summed E-state index contributed by atoms with van der Waals surface area (Å²) in [5, 5.41) is 0. The van der Waals surface area contributed by atoms with Crippen molar-refractivity contribution in [2.24, 2.45) is 11.8 Å². The Kier molecular flexibility index (Phi) is 9.14. The maximum absolute atomic E-state index is 11.3. The molecule has 1 aliphatic heterocycles. The van der Waals surface area contributed by atoms with Crippen LogP contribution in [0, 0.1) is 11.8 Å². The zero-order chi connectivity index (χ0) is 13.3. The van der Waals surface area contributed by atoms with E-state index in [1.54, 1.807) is 0 Å². The fourth-order valence-corrected chi connectivity index (χ4v) is 2.00. The molecule has 0 aromatic heterocycles. The van der Waals surface area contributed by atoms with Crippen molar-refractivity contribution < 1.29 is 9.53 Å². The molecule has 0 amide bonds. The molecule has 0 atom stereocenters. The van der Waals surface area contributed by atoms with E-state index in [4.69, 9.17) is 4.74 Å². The number of ether oxygens (including phenoxy) is 1. The molecule has 1 rings (SSSR count). The van der Waals surface area contributed by atoms with Gasteiger partial charge in [0.25, 0.3) is 0 Å². The Morgan fingerprint density at radius 1 is 1.29 bits per heavy atom. The molecule has 1 fully saturated rings. The fourth-order valence-electron chi connectivity index (χ4n) is 2.00. The van der Waals surface area contributed by atoms with Gasteiger partial charge < -0.3 is 9.64 Å². The molecule has 0 aliphatic carbocycles. The highest BCUT2D eigenvalue weighted by atomic mass is 16.5. The van der Waals surface area contributed by atoms with Crippen molar-refractivity contribution in [3.05, 3.63) is 0 Å². The first-order valence-corrected chi connectivity index (χ1v) is 6.93. The summed E-state index contributed by atoms with van der Waals surface area (Å²) in [4.78, 5) is 13.8. The van der Waals surface area contributed by atoms with E-state index in [-0.39, 0.29) is 11.9 Å². The minimum absolute atomic E-state index is 0.0292. The highest BCUT2D eigenvalue weighted by Gasteiger charge is 2.25. The lowest BCUT2D eigenvalue weighted by Crippen LogP contribution is -2.37. The largest absolute Gasteiger partial charge is 0.469 e. The average Bonchev–Trinajstić information content (AvgIpc) is 2.38. The monoisotopic (exact) mass is 243 g/mol. The number of carbonyl (C=O) groups excluding carboxylic acids is 1. The summed E-state index contributed by atoms with van der Waals surface area (Å²) in [7, 11) is 1.48. The summed E-state index contributed by atoms with van der Waals surface area (Å²) in [5.74, 6) is 0.882. The van der Waals surface area contributed by atoms with Gasteiger partial charge in [0.05, 0.1) is 13.0 Å². The first-order chi connectivity index (χ1) is 8.13. The highest BCUT2D eigenvalue weighted by Crippen LogP contribution is 2.18. The third-order valence-electron chi connectivity index (χ3n) is 3.14. The number of esters is 1. The molecule has 0 spiro atoms. The van der Waals surface area contributed by atoms with Crippen LogP contribution in [0.3, 0.4) is 0 Å². The van der Waals surface area contributed by atoms with Gasteiger partial charge in [-0.3, -0.25) is 4.79 Å². The number of methoxy groups -OCH3 is 1. The molecule has 1 saturated heterocycles.